The molecule has 2 aliphatic rings. The topological polar surface area (TPSA) is 50.8 Å². The van der Waals surface area contributed by atoms with Crippen molar-refractivity contribution < 1.29 is 40.6 Å². The molecule has 11 heteroatoms. The van der Waals surface area contributed by atoms with Gasteiger partial charge in [-0.3, -0.25) is 0 Å². The molecule has 0 unspecified atom stereocenters. The Kier molecular flexibility index (Phi) is 5.02. The number of amides is 2. The molecule has 0 aromatic heterocycles. The average molecular weight is 398 g/mol. The van der Waals surface area contributed by atoms with Crippen LogP contribution in [0.1, 0.15) is 24.0 Å². The van der Waals surface area contributed by atoms with Crippen LogP contribution in [0, 0.1) is 0 Å². The number of piperidine rings is 1. The number of alkyl halides is 6. The third kappa shape index (κ3) is 4.46. The standard InChI is InChI=1S/C16H16F6N2O3/c17-15(18,19)10-7-11(16(20,21)22)9-12(8-10)23-13(25)24-3-1-14(2-4-24)26-5-6-27-14/h7-9H,1-6H2,(H,23,25). The van der Waals surface area contributed by atoms with E-state index in [1.807, 2.05) is 0 Å². The highest BCUT2D eigenvalue weighted by Gasteiger charge is 2.41. The van der Waals surface area contributed by atoms with Crippen LogP contribution in [-0.2, 0) is 21.8 Å². The van der Waals surface area contributed by atoms with Crippen molar-refractivity contribution in [2.45, 2.75) is 31.0 Å². The van der Waals surface area contributed by atoms with Gasteiger partial charge in [0.25, 0.3) is 0 Å². The Labute approximate surface area is 150 Å². The predicted molar refractivity (Wildman–Crippen MR) is 80.9 cm³/mol. The van der Waals surface area contributed by atoms with Crippen molar-refractivity contribution in [2.24, 2.45) is 0 Å². The van der Waals surface area contributed by atoms with Crippen LogP contribution in [0.4, 0.5) is 36.8 Å². The second-order valence-corrected chi connectivity index (χ2v) is 6.32. The monoisotopic (exact) mass is 398 g/mol. The first-order valence-corrected chi connectivity index (χ1v) is 8.12. The maximum absolute atomic E-state index is 12.9. The molecule has 2 aliphatic heterocycles. The minimum Gasteiger partial charge on any atom is -0.347 e. The zero-order chi connectivity index (χ0) is 19.9. The highest BCUT2D eigenvalue weighted by atomic mass is 19.4. The number of ether oxygens (including phenoxy) is 2. The van der Waals surface area contributed by atoms with E-state index in [9.17, 15) is 31.1 Å². The van der Waals surface area contributed by atoms with Crippen LogP contribution in [0.15, 0.2) is 18.2 Å². The molecule has 2 fully saturated rings. The fourth-order valence-corrected chi connectivity index (χ4v) is 3.07. The highest BCUT2D eigenvalue weighted by Crippen LogP contribution is 2.38. The number of halogens is 6. The summed E-state index contributed by atoms with van der Waals surface area (Å²) in [7, 11) is 0. The fraction of sp³-hybridized carbons (Fsp3) is 0.562. The highest BCUT2D eigenvalue weighted by molar-refractivity contribution is 5.89. The van der Waals surface area contributed by atoms with E-state index in [1.54, 1.807) is 0 Å². The first kappa shape index (κ1) is 19.7. The summed E-state index contributed by atoms with van der Waals surface area (Å²) in [4.78, 5) is 13.6. The fourth-order valence-electron chi connectivity index (χ4n) is 3.07. The molecule has 0 atom stereocenters. The number of hydrogen-bond donors (Lipinski definition) is 1. The van der Waals surface area contributed by atoms with Crippen molar-refractivity contribution in [3.05, 3.63) is 29.3 Å². The van der Waals surface area contributed by atoms with Crippen LogP contribution >= 0.6 is 0 Å². The van der Waals surface area contributed by atoms with Gasteiger partial charge in [-0.1, -0.05) is 0 Å². The van der Waals surface area contributed by atoms with Gasteiger partial charge >= 0.3 is 18.4 Å². The average Bonchev–Trinajstić information content (AvgIpc) is 3.01. The van der Waals surface area contributed by atoms with Crippen LogP contribution in [-0.4, -0.2) is 43.0 Å². The molecule has 2 amide bonds. The van der Waals surface area contributed by atoms with Crippen LogP contribution in [0.3, 0.4) is 0 Å². The normalized spacial score (nSPS) is 20.1. The summed E-state index contributed by atoms with van der Waals surface area (Å²) in [5.74, 6) is -0.754. The molecule has 5 nitrogen and oxygen atoms in total. The van der Waals surface area contributed by atoms with Gasteiger partial charge in [0.05, 0.1) is 24.3 Å². The zero-order valence-corrected chi connectivity index (χ0v) is 13.9. The van der Waals surface area contributed by atoms with E-state index in [0.717, 1.165) is 0 Å². The Balaban J connectivity index is 1.73. The molecule has 1 aromatic rings. The summed E-state index contributed by atoms with van der Waals surface area (Å²) in [6, 6.07) is 0.175. The molecule has 0 aliphatic carbocycles. The van der Waals surface area contributed by atoms with Gasteiger partial charge in [-0.2, -0.15) is 26.3 Å². The van der Waals surface area contributed by atoms with Gasteiger partial charge in [-0.05, 0) is 18.2 Å². The molecule has 0 bridgehead atoms. The molecule has 2 saturated heterocycles. The second kappa shape index (κ2) is 6.86. The van der Waals surface area contributed by atoms with E-state index in [1.165, 1.54) is 4.90 Å². The maximum atomic E-state index is 12.9. The Morgan fingerprint density at radius 3 is 1.85 bits per heavy atom. The molecule has 0 radical (unpaired) electrons. The summed E-state index contributed by atoms with van der Waals surface area (Å²) in [5.41, 5.74) is -3.55. The lowest BCUT2D eigenvalue weighted by Gasteiger charge is -2.37. The van der Waals surface area contributed by atoms with Crippen LogP contribution in [0.2, 0.25) is 0 Å². The number of nitrogens with one attached hydrogen (secondary N) is 1. The number of carbonyl (C=O) groups is 1. The van der Waals surface area contributed by atoms with E-state index in [-0.39, 0.29) is 19.2 Å². The van der Waals surface area contributed by atoms with E-state index in [2.05, 4.69) is 5.32 Å². The van der Waals surface area contributed by atoms with E-state index in [4.69, 9.17) is 9.47 Å². The Morgan fingerprint density at radius 1 is 0.926 bits per heavy atom. The summed E-state index contributed by atoms with van der Waals surface area (Å²) in [5, 5.41) is 2.12. The molecule has 0 saturated carbocycles. The predicted octanol–water partition coefficient (Wildman–Crippen LogP) is 4.10. The molecule has 150 valence electrons. The van der Waals surface area contributed by atoms with Crippen LogP contribution in [0.25, 0.3) is 0 Å². The Hall–Kier alpha value is -2.01. The molecular formula is C16H16F6N2O3. The Morgan fingerprint density at radius 2 is 1.41 bits per heavy atom. The minimum absolute atomic E-state index is 0.00901. The van der Waals surface area contributed by atoms with Crippen molar-refractivity contribution in [2.75, 3.05) is 31.6 Å². The summed E-state index contributed by atoms with van der Waals surface area (Å²) in [6.45, 7) is 1.29. The lowest BCUT2D eigenvalue weighted by Crippen LogP contribution is -2.48. The molecular weight excluding hydrogens is 382 g/mol. The lowest BCUT2D eigenvalue weighted by atomic mass is 10.0. The number of benzene rings is 1. The number of anilines is 1. The number of rotatable bonds is 1. The number of hydrogen-bond acceptors (Lipinski definition) is 3. The van der Waals surface area contributed by atoms with E-state index in [0.29, 0.717) is 38.2 Å². The van der Waals surface area contributed by atoms with Crippen LogP contribution in [0.5, 0.6) is 0 Å². The molecule has 1 spiro atoms. The summed E-state index contributed by atoms with van der Waals surface area (Å²) >= 11 is 0. The van der Waals surface area contributed by atoms with Crippen LogP contribution < -0.4 is 5.32 Å². The first-order valence-electron chi connectivity index (χ1n) is 8.12. The van der Waals surface area contributed by atoms with Gasteiger partial charge in [0.1, 0.15) is 0 Å². The van der Waals surface area contributed by atoms with Gasteiger partial charge in [0.2, 0.25) is 0 Å². The van der Waals surface area contributed by atoms with Crippen molar-refractivity contribution in [1.82, 2.24) is 4.90 Å². The third-order valence-corrected chi connectivity index (χ3v) is 4.46. The number of nitrogens with zero attached hydrogens (tertiary/aromatic N) is 1. The SMILES string of the molecule is O=C(Nc1cc(C(F)(F)F)cc(C(F)(F)F)c1)N1CCC2(CC1)OCCO2. The third-order valence-electron chi connectivity index (χ3n) is 4.46. The summed E-state index contributed by atoms with van der Waals surface area (Å²) in [6.07, 6.45) is -9.21. The number of carbonyl (C=O) groups excluding carboxylic acids is 1. The van der Waals surface area contributed by atoms with Gasteiger partial charge in [-0.15, -0.1) is 0 Å². The van der Waals surface area contributed by atoms with Crippen molar-refractivity contribution in [1.29, 1.82) is 0 Å². The number of urea groups is 1. The lowest BCUT2D eigenvalue weighted by molar-refractivity contribution is -0.181. The van der Waals surface area contributed by atoms with E-state index < -0.39 is 41.0 Å². The second-order valence-electron chi connectivity index (χ2n) is 6.32. The smallest absolute Gasteiger partial charge is 0.347 e. The molecule has 1 N–H and O–H groups in total. The zero-order valence-electron chi connectivity index (χ0n) is 13.9. The minimum atomic E-state index is -4.98. The van der Waals surface area contributed by atoms with Crippen molar-refractivity contribution >= 4 is 11.7 Å². The molecule has 27 heavy (non-hydrogen) atoms. The van der Waals surface area contributed by atoms with Gasteiger partial charge in [-0.25, -0.2) is 4.79 Å². The first-order chi connectivity index (χ1) is 12.5. The largest absolute Gasteiger partial charge is 0.416 e. The molecule has 2 heterocycles. The number of likely N-dealkylation sites (tertiary alicyclic amines) is 1. The van der Waals surface area contributed by atoms with Gasteiger partial charge in [0, 0.05) is 31.6 Å². The van der Waals surface area contributed by atoms with Crippen molar-refractivity contribution in [3.8, 4) is 0 Å². The maximum Gasteiger partial charge on any atom is 0.416 e. The van der Waals surface area contributed by atoms with Gasteiger partial charge in [0.15, 0.2) is 5.79 Å². The molecule has 1 aromatic carbocycles. The Bertz CT molecular complexity index is 671. The van der Waals surface area contributed by atoms with Crippen molar-refractivity contribution in [3.63, 3.8) is 0 Å². The quantitative estimate of drug-likeness (QED) is 0.725. The van der Waals surface area contributed by atoms with E-state index >= 15 is 0 Å². The van der Waals surface area contributed by atoms with Gasteiger partial charge < -0.3 is 19.7 Å². The molecule has 3 rings (SSSR count). The summed E-state index contributed by atoms with van der Waals surface area (Å²) < 4.78 is 88.3.